The maximum Gasteiger partial charge on any atom is 0.164 e. The molecule has 0 spiro atoms. The van der Waals surface area contributed by atoms with E-state index in [1.165, 1.54) is 33.4 Å². The first-order valence-corrected chi connectivity index (χ1v) is 17.8. The number of fused-ring (bicyclic) bond motifs is 3. The molecular formula is C49H34N4. The summed E-state index contributed by atoms with van der Waals surface area (Å²) < 4.78 is 0. The summed E-state index contributed by atoms with van der Waals surface area (Å²) in [5, 5.41) is 9.29. The van der Waals surface area contributed by atoms with Crippen LogP contribution in [-0.4, -0.2) is 15.0 Å². The van der Waals surface area contributed by atoms with Crippen LogP contribution in [0.25, 0.3) is 78.7 Å². The zero-order valence-electron chi connectivity index (χ0n) is 29.5. The van der Waals surface area contributed by atoms with E-state index in [4.69, 9.17) is 15.0 Å². The maximum atomic E-state index is 9.29. The van der Waals surface area contributed by atoms with Crippen molar-refractivity contribution in [1.82, 2.24) is 15.0 Å². The van der Waals surface area contributed by atoms with Crippen molar-refractivity contribution < 1.29 is 0 Å². The molecule has 1 aliphatic rings. The van der Waals surface area contributed by atoms with Crippen molar-refractivity contribution in [2.45, 2.75) is 19.3 Å². The first-order valence-electron chi connectivity index (χ1n) is 17.8. The van der Waals surface area contributed by atoms with Crippen LogP contribution < -0.4 is 0 Å². The highest BCUT2D eigenvalue weighted by Gasteiger charge is 2.37. The fourth-order valence-electron chi connectivity index (χ4n) is 7.64. The Bertz CT molecular complexity index is 2600. The molecule has 0 aliphatic heterocycles. The molecule has 4 heteroatoms. The van der Waals surface area contributed by atoms with Gasteiger partial charge in [-0.25, -0.2) is 15.0 Å². The van der Waals surface area contributed by atoms with E-state index < -0.39 is 0 Å². The van der Waals surface area contributed by atoms with Crippen molar-refractivity contribution in [2.24, 2.45) is 0 Å². The lowest BCUT2D eigenvalue weighted by Crippen LogP contribution is -2.14. The van der Waals surface area contributed by atoms with Crippen LogP contribution in [0.3, 0.4) is 0 Å². The molecule has 0 N–H and O–H groups in total. The Morgan fingerprint density at radius 1 is 0.377 bits per heavy atom. The predicted octanol–water partition coefficient (Wildman–Crippen LogP) is 12.1. The summed E-state index contributed by atoms with van der Waals surface area (Å²) in [6.07, 6.45) is 0. The van der Waals surface area contributed by atoms with E-state index in [0.717, 1.165) is 38.9 Å². The Morgan fingerprint density at radius 3 is 1.40 bits per heavy atom. The fourth-order valence-corrected chi connectivity index (χ4v) is 7.64. The van der Waals surface area contributed by atoms with E-state index in [0.29, 0.717) is 23.0 Å². The average molecular weight is 679 g/mol. The van der Waals surface area contributed by atoms with Gasteiger partial charge in [0.05, 0.1) is 11.6 Å². The van der Waals surface area contributed by atoms with Gasteiger partial charge in [-0.2, -0.15) is 5.26 Å². The largest absolute Gasteiger partial charge is 0.208 e. The highest BCUT2D eigenvalue weighted by Crippen LogP contribution is 2.54. The smallest absolute Gasteiger partial charge is 0.164 e. The van der Waals surface area contributed by atoms with Crippen LogP contribution in [0.5, 0.6) is 0 Å². The van der Waals surface area contributed by atoms with Crippen LogP contribution in [0.4, 0.5) is 0 Å². The highest BCUT2D eigenvalue weighted by molar-refractivity contribution is 6.00. The maximum absolute atomic E-state index is 9.29. The van der Waals surface area contributed by atoms with Gasteiger partial charge >= 0.3 is 0 Å². The van der Waals surface area contributed by atoms with Gasteiger partial charge in [-0.15, -0.1) is 0 Å². The van der Waals surface area contributed by atoms with E-state index in [-0.39, 0.29) is 5.41 Å². The molecule has 7 aromatic carbocycles. The molecule has 4 nitrogen and oxygen atoms in total. The average Bonchev–Trinajstić information content (AvgIpc) is 3.47. The molecule has 1 aliphatic carbocycles. The second-order valence-corrected chi connectivity index (χ2v) is 14.0. The molecule has 0 fully saturated rings. The lowest BCUT2D eigenvalue weighted by molar-refractivity contribution is 0.660. The van der Waals surface area contributed by atoms with Crippen molar-refractivity contribution >= 4 is 0 Å². The minimum absolute atomic E-state index is 0.128. The summed E-state index contributed by atoms with van der Waals surface area (Å²) in [5.41, 5.74) is 15.4. The predicted molar refractivity (Wildman–Crippen MR) is 215 cm³/mol. The molecule has 53 heavy (non-hydrogen) atoms. The van der Waals surface area contributed by atoms with Crippen molar-refractivity contribution in [2.75, 3.05) is 0 Å². The molecule has 1 aromatic heterocycles. The Labute approximate surface area is 309 Å². The molecule has 9 rings (SSSR count). The summed E-state index contributed by atoms with van der Waals surface area (Å²) in [5.74, 6) is 1.92. The van der Waals surface area contributed by atoms with Gasteiger partial charge in [-0.05, 0) is 67.8 Å². The minimum atomic E-state index is -0.128. The van der Waals surface area contributed by atoms with Crippen molar-refractivity contribution in [1.29, 1.82) is 5.26 Å². The van der Waals surface area contributed by atoms with Crippen molar-refractivity contribution in [3.8, 4) is 84.7 Å². The Hall–Kier alpha value is -6.96. The van der Waals surface area contributed by atoms with Crippen LogP contribution in [-0.2, 0) is 5.41 Å². The molecule has 250 valence electrons. The van der Waals surface area contributed by atoms with Gasteiger partial charge < -0.3 is 0 Å². The Morgan fingerprint density at radius 2 is 0.830 bits per heavy atom. The molecule has 0 saturated heterocycles. The van der Waals surface area contributed by atoms with Gasteiger partial charge in [0.2, 0.25) is 0 Å². The van der Waals surface area contributed by atoms with Crippen LogP contribution in [0.2, 0.25) is 0 Å². The van der Waals surface area contributed by atoms with Gasteiger partial charge in [0.15, 0.2) is 17.5 Å². The van der Waals surface area contributed by atoms with Gasteiger partial charge in [-0.3, -0.25) is 0 Å². The number of nitriles is 1. The van der Waals surface area contributed by atoms with Crippen molar-refractivity contribution in [3.05, 3.63) is 187 Å². The quantitative estimate of drug-likeness (QED) is 0.176. The lowest BCUT2D eigenvalue weighted by atomic mass is 9.80. The molecule has 0 radical (unpaired) electrons. The number of benzene rings is 7. The first-order chi connectivity index (χ1) is 26.0. The second-order valence-electron chi connectivity index (χ2n) is 14.0. The fraction of sp³-hybridized carbons (Fsp3) is 0.0612. The second kappa shape index (κ2) is 13.0. The topological polar surface area (TPSA) is 62.5 Å². The first kappa shape index (κ1) is 32.0. The van der Waals surface area contributed by atoms with Crippen molar-refractivity contribution in [3.63, 3.8) is 0 Å². The van der Waals surface area contributed by atoms with Gasteiger partial charge in [0, 0.05) is 22.1 Å². The summed E-state index contributed by atoms with van der Waals surface area (Å²) >= 11 is 0. The molecule has 1 heterocycles. The van der Waals surface area contributed by atoms with Crippen LogP contribution >= 0.6 is 0 Å². The zero-order chi connectivity index (χ0) is 35.9. The van der Waals surface area contributed by atoms with Gasteiger partial charge in [0.25, 0.3) is 0 Å². The van der Waals surface area contributed by atoms with E-state index in [1.54, 1.807) is 0 Å². The number of aromatic nitrogens is 3. The third-order valence-corrected chi connectivity index (χ3v) is 10.4. The molecule has 0 saturated carbocycles. The molecule has 0 amide bonds. The van der Waals surface area contributed by atoms with Crippen LogP contribution in [0, 0.1) is 11.3 Å². The monoisotopic (exact) mass is 678 g/mol. The van der Waals surface area contributed by atoms with E-state index in [1.807, 2.05) is 84.9 Å². The number of nitrogens with zero attached hydrogens (tertiary/aromatic N) is 4. The lowest BCUT2D eigenvalue weighted by Gasteiger charge is -2.23. The Balaban J connectivity index is 1.17. The highest BCUT2D eigenvalue weighted by atomic mass is 15.0. The Kier molecular flexibility index (Phi) is 7.83. The molecule has 0 unspecified atom stereocenters. The number of rotatable bonds is 6. The summed E-state index contributed by atoms with van der Waals surface area (Å²) in [4.78, 5) is 14.8. The summed E-state index contributed by atoms with van der Waals surface area (Å²) in [6, 6.07) is 61.0. The normalized spacial score (nSPS) is 12.5. The summed E-state index contributed by atoms with van der Waals surface area (Å²) in [6.45, 7) is 4.65. The SMILES string of the molecule is CC1(C)c2ccccc2-c2c1ccc(-c1ccc(-c3nc(-c4ccccc4)nc(-c4ccccc4)n3)cc1)c2-c1ccc(-c2ccc(C#N)cc2)cc1. The van der Waals surface area contributed by atoms with Crippen LogP contribution in [0.1, 0.15) is 30.5 Å². The van der Waals surface area contributed by atoms with Gasteiger partial charge in [-0.1, -0.05) is 172 Å². The van der Waals surface area contributed by atoms with Gasteiger partial charge in [0.1, 0.15) is 0 Å². The van der Waals surface area contributed by atoms with E-state index in [2.05, 4.69) is 105 Å². The molecular weight excluding hydrogens is 645 g/mol. The summed E-state index contributed by atoms with van der Waals surface area (Å²) in [7, 11) is 0. The molecule has 8 aromatic rings. The number of hydrogen-bond donors (Lipinski definition) is 0. The molecule has 0 atom stereocenters. The molecule has 0 bridgehead atoms. The van der Waals surface area contributed by atoms with E-state index >= 15 is 0 Å². The number of hydrogen-bond acceptors (Lipinski definition) is 4. The third-order valence-electron chi connectivity index (χ3n) is 10.4. The van der Waals surface area contributed by atoms with Crippen LogP contribution in [0.15, 0.2) is 170 Å². The van der Waals surface area contributed by atoms with E-state index in [9.17, 15) is 5.26 Å². The minimum Gasteiger partial charge on any atom is -0.208 e. The third kappa shape index (κ3) is 5.69. The zero-order valence-corrected chi connectivity index (χ0v) is 29.5. The standard InChI is InChI=1S/C49H34N4/c1-49(2)42-16-10-9-15-41(42)45-43(49)30-29-40(44(45)36-25-21-34(22-26-36)33-19-17-32(31-50)18-20-33)35-23-27-39(28-24-35)48-52-46(37-11-5-3-6-12-37)51-47(53-48)38-13-7-4-8-14-38/h3-30H,1-2H3.